The smallest absolute Gasteiger partial charge is 0.223 e. The lowest BCUT2D eigenvalue weighted by Crippen LogP contribution is -2.00. The molecule has 0 bridgehead atoms. The largest absolute Gasteiger partial charge is 0.457 e. The molecule has 0 aliphatic heterocycles. The first kappa shape index (κ1) is 15.4. The average molecular weight is 347 g/mol. The summed E-state index contributed by atoms with van der Waals surface area (Å²) in [4.78, 5) is 12.1. The summed E-state index contributed by atoms with van der Waals surface area (Å²) in [6.07, 6.45) is 3.20. The number of nitrogens with two attached hydrogens (primary N) is 2. The number of anilines is 2. The minimum atomic E-state index is 0.140. The van der Waals surface area contributed by atoms with Gasteiger partial charge in [-0.3, -0.25) is 4.98 Å². The van der Waals surface area contributed by atoms with Crippen LogP contribution in [0.2, 0.25) is 0 Å². The Bertz CT molecular complexity index is 1030. The second-order valence-electron chi connectivity index (χ2n) is 5.27. The number of hydrogen-bond acceptors (Lipinski definition) is 9. The lowest BCUT2D eigenvalue weighted by Gasteiger charge is -2.08. The molecular formula is C16H13N9O. The van der Waals surface area contributed by atoms with Gasteiger partial charge in [0.15, 0.2) is 0 Å². The number of hydrogen-bond donors (Lipinski definition) is 3. The fourth-order valence-electron chi connectivity index (χ4n) is 2.34. The van der Waals surface area contributed by atoms with E-state index in [2.05, 4.69) is 35.6 Å². The number of nitrogens with zero attached hydrogens (tertiary/aromatic N) is 6. The zero-order chi connectivity index (χ0) is 17.9. The van der Waals surface area contributed by atoms with E-state index >= 15 is 0 Å². The van der Waals surface area contributed by atoms with Gasteiger partial charge in [-0.25, -0.2) is 4.98 Å². The van der Waals surface area contributed by atoms with Crippen LogP contribution in [0.3, 0.4) is 0 Å². The van der Waals surface area contributed by atoms with Crippen molar-refractivity contribution < 1.29 is 4.74 Å². The lowest BCUT2D eigenvalue weighted by molar-refractivity contribution is 0.482. The third-order valence-corrected chi connectivity index (χ3v) is 3.54. The van der Waals surface area contributed by atoms with Crippen molar-refractivity contribution in [1.29, 1.82) is 0 Å². The molecule has 0 atom stereocenters. The summed E-state index contributed by atoms with van der Waals surface area (Å²) >= 11 is 0. The third-order valence-electron chi connectivity index (χ3n) is 3.54. The maximum Gasteiger partial charge on any atom is 0.223 e. The molecule has 3 aromatic heterocycles. The highest BCUT2D eigenvalue weighted by atomic mass is 16.5. The summed E-state index contributed by atoms with van der Waals surface area (Å²) in [6, 6.07) is 10.8. The molecule has 0 aliphatic rings. The van der Waals surface area contributed by atoms with Crippen LogP contribution in [0.25, 0.3) is 22.6 Å². The van der Waals surface area contributed by atoms with Gasteiger partial charge in [0.2, 0.25) is 11.8 Å². The van der Waals surface area contributed by atoms with Gasteiger partial charge < -0.3 is 16.2 Å². The Labute approximate surface area is 147 Å². The fourth-order valence-corrected chi connectivity index (χ4v) is 2.34. The highest BCUT2D eigenvalue weighted by Gasteiger charge is 2.08. The van der Waals surface area contributed by atoms with Crippen LogP contribution in [-0.4, -0.2) is 35.6 Å². The number of nitrogens with one attached hydrogen (secondary N) is 1. The maximum atomic E-state index is 5.89. The van der Waals surface area contributed by atoms with E-state index in [-0.39, 0.29) is 5.95 Å². The summed E-state index contributed by atoms with van der Waals surface area (Å²) in [5.41, 5.74) is 13.5. The summed E-state index contributed by atoms with van der Waals surface area (Å²) in [6.45, 7) is 0. The quantitative estimate of drug-likeness (QED) is 0.500. The van der Waals surface area contributed by atoms with Gasteiger partial charge in [0.1, 0.15) is 23.0 Å². The van der Waals surface area contributed by atoms with E-state index in [1.165, 1.54) is 0 Å². The van der Waals surface area contributed by atoms with Crippen molar-refractivity contribution in [3.63, 3.8) is 0 Å². The Balaban J connectivity index is 1.55. The predicted octanol–water partition coefficient (Wildman–Crippen LogP) is 1.68. The third kappa shape index (κ3) is 3.11. The van der Waals surface area contributed by atoms with Gasteiger partial charge in [0.25, 0.3) is 0 Å². The van der Waals surface area contributed by atoms with Crippen molar-refractivity contribution >= 4 is 11.8 Å². The van der Waals surface area contributed by atoms with Crippen LogP contribution in [0, 0.1) is 0 Å². The van der Waals surface area contributed by atoms with Crippen LogP contribution in [0.4, 0.5) is 11.8 Å². The molecule has 0 radical (unpaired) electrons. The first-order valence-electron chi connectivity index (χ1n) is 7.55. The molecule has 0 unspecified atom stereocenters. The molecule has 0 saturated heterocycles. The Kier molecular flexibility index (Phi) is 3.82. The second-order valence-corrected chi connectivity index (χ2v) is 5.27. The average Bonchev–Trinajstić information content (AvgIpc) is 3.18. The van der Waals surface area contributed by atoms with Crippen molar-refractivity contribution in [2.45, 2.75) is 0 Å². The molecule has 10 heteroatoms. The Hall–Kier alpha value is -4.08. The van der Waals surface area contributed by atoms with Crippen LogP contribution in [0.5, 0.6) is 11.5 Å². The van der Waals surface area contributed by atoms with Crippen molar-refractivity contribution in [3.05, 3.63) is 48.8 Å². The van der Waals surface area contributed by atoms with Crippen LogP contribution in [0.15, 0.2) is 48.8 Å². The van der Waals surface area contributed by atoms with Gasteiger partial charge in [-0.2, -0.15) is 10.2 Å². The van der Waals surface area contributed by atoms with Crippen molar-refractivity contribution in [3.8, 4) is 34.1 Å². The van der Waals surface area contributed by atoms with Crippen molar-refractivity contribution in [1.82, 2.24) is 35.6 Å². The minimum Gasteiger partial charge on any atom is -0.457 e. The Morgan fingerprint density at radius 1 is 0.962 bits per heavy atom. The van der Waals surface area contributed by atoms with Gasteiger partial charge in [-0.1, -0.05) is 12.1 Å². The monoisotopic (exact) mass is 347 g/mol. The molecule has 0 fully saturated rings. The molecule has 4 rings (SSSR count). The predicted molar refractivity (Wildman–Crippen MR) is 93.8 cm³/mol. The Morgan fingerprint density at radius 2 is 1.81 bits per heavy atom. The lowest BCUT2D eigenvalue weighted by atomic mass is 10.1. The summed E-state index contributed by atoms with van der Waals surface area (Å²) in [7, 11) is 0. The number of H-pyrrole nitrogens is 1. The van der Waals surface area contributed by atoms with Gasteiger partial charge in [0, 0.05) is 24.0 Å². The van der Waals surface area contributed by atoms with Crippen LogP contribution in [0.1, 0.15) is 0 Å². The fraction of sp³-hybridized carbons (Fsp3) is 0. The second kappa shape index (κ2) is 6.43. The molecule has 0 aliphatic carbocycles. The molecule has 0 saturated carbocycles. The normalized spacial score (nSPS) is 10.6. The molecule has 128 valence electrons. The van der Waals surface area contributed by atoms with Crippen LogP contribution >= 0.6 is 0 Å². The molecule has 3 heterocycles. The summed E-state index contributed by atoms with van der Waals surface area (Å²) < 4.78 is 5.85. The first-order valence-corrected chi connectivity index (χ1v) is 7.55. The van der Waals surface area contributed by atoms with Crippen molar-refractivity contribution in [2.75, 3.05) is 11.5 Å². The van der Waals surface area contributed by atoms with Crippen molar-refractivity contribution in [2.24, 2.45) is 0 Å². The van der Waals surface area contributed by atoms with Gasteiger partial charge >= 0.3 is 0 Å². The molecule has 1 aromatic carbocycles. The topological polar surface area (TPSA) is 154 Å². The molecule has 26 heavy (non-hydrogen) atoms. The van der Waals surface area contributed by atoms with E-state index in [0.717, 1.165) is 5.56 Å². The van der Waals surface area contributed by atoms with Crippen LogP contribution in [-0.2, 0) is 0 Å². The highest BCUT2D eigenvalue weighted by Crippen LogP contribution is 2.28. The minimum absolute atomic E-state index is 0.140. The summed E-state index contributed by atoms with van der Waals surface area (Å²) in [5, 5.41) is 13.7. The SMILES string of the molecule is Nc1ncc(-c2ccc(Oc3ccnc(-c4nn[nH]n4)c3)cc2)c(N)n1. The molecule has 4 aromatic rings. The number of aromatic amines is 1. The zero-order valence-corrected chi connectivity index (χ0v) is 13.4. The molecule has 0 spiro atoms. The Morgan fingerprint density at radius 3 is 2.54 bits per heavy atom. The maximum absolute atomic E-state index is 5.89. The molecule has 0 amide bonds. The van der Waals surface area contributed by atoms with E-state index in [1.807, 2.05) is 24.3 Å². The number of rotatable bonds is 4. The number of pyridine rings is 1. The number of benzene rings is 1. The number of tetrazole rings is 1. The molecular weight excluding hydrogens is 334 g/mol. The highest BCUT2D eigenvalue weighted by molar-refractivity contribution is 5.73. The first-order chi connectivity index (χ1) is 12.7. The van der Waals surface area contributed by atoms with Gasteiger partial charge in [-0.05, 0) is 29.0 Å². The van der Waals surface area contributed by atoms with E-state index < -0.39 is 0 Å². The number of aromatic nitrogens is 7. The van der Waals surface area contributed by atoms with E-state index in [9.17, 15) is 0 Å². The number of ether oxygens (including phenoxy) is 1. The van der Waals surface area contributed by atoms with E-state index in [1.54, 1.807) is 24.5 Å². The van der Waals surface area contributed by atoms with E-state index in [0.29, 0.717) is 34.4 Å². The van der Waals surface area contributed by atoms with Gasteiger partial charge in [0.05, 0.1) is 0 Å². The summed E-state index contributed by atoms with van der Waals surface area (Å²) in [5.74, 6) is 2.10. The van der Waals surface area contributed by atoms with Gasteiger partial charge in [-0.15, -0.1) is 10.2 Å². The standard InChI is InChI=1S/C16H13N9O/c17-14-12(8-20-16(18)21-14)9-1-3-10(4-2-9)26-11-5-6-19-13(7-11)15-22-24-25-23-15/h1-8H,(H4,17,18,20,21)(H,22,23,24,25). The molecule has 10 nitrogen and oxygen atoms in total. The zero-order valence-electron chi connectivity index (χ0n) is 13.4. The number of nitrogen functional groups attached to an aromatic ring is 2. The van der Waals surface area contributed by atoms with Crippen LogP contribution < -0.4 is 16.2 Å². The molecule has 5 N–H and O–H groups in total. The van der Waals surface area contributed by atoms with E-state index in [4.69, 9.17) is 16.2 Å².